The van der Waals surface area contributed by atoms with Crippen molar-refractivity contribution in [3.05, 3.63) is 12.2 Å². The van der Waals surface area contributed by atoms with Crippen molar-refractivity contribution < 1.29 is 4.74 Å². The van der Waals surface area contributed by atoms with Crippen LogP contribution in [0, 0.1) is 0 Å². The molecule has 0 aromatic carbocycles. The summed E-state index contributed by atoms with van der Waals surface area (Å²) in [6.45, 7) is 4.21. The lowest BCUT2D eigenvalue weighted by atomic mass is 10.2. The predicted molar refractivity (Wildman–Crippen MR) is 39.7 cm³/mol. The number of ether oxygens (including phenoxy) is 1. The van der Waals surface area contributed by atoms with Crippen LogP contribution >= 0.6 is 0 Å². The smallest absolute Gasteiger partial charge is 0.114 e. The first kappa shape index (κ1) is 6.38. The van der Waals surface area contributed by atoms with Gasteiger partial charge in [0.2, 0.25) is 0 Å². The van der Waals surface area contributed by atoms with Crippen molar-refractivity contribution >= 4 is 0 Å². The molecule has 2 aliphatic rings. The molecule has 0 aromatic heterocycles. The van der Waals surface area contributed by atoms with Gasteiger partial charge in [0, 0.05) is 19.0 Å². The van der Waals surface area contributed by atoms with E-state index in [9.17, 15) is 0 Å². The van der Waals surface area contributed by atoms with Crippen LogP contribution in [0.1, 0.15) is 13.3 Å². The molecular weight excluding hydrogens is 126 g/mol. The summed E-state index contributed by atoms with van der Waals surface area (Å²) in [4.78, 5) is 2.40. The second kappa shape index (κ2) is 2.36. The fourth-order valence-corrected chi connectivity index (χ4v) is 1.64. The SMILES string of the molecule is CC1COC2CC=CCN12. The fourth-order valence-electron chi connectivity index (χ4n) is 1.64. The largest absolute Gasteiger partial charge is 0.361 e. The standard InChI is InChI=1S/C8H13NO/c1-7-6-10-8-4-2-3-5-9(7)8/h2-3,7-8H,4-6H2,1H3. The lowest BCUT2D eigenvalue weighted by molar-refractivity contribution is 0.0352. The second-order valence-electron chi connectivity index (χ2n) is 3.04. The first-order chi connectivity index (χ1) is 4.88. The molecule has 0 aliphatic carbocycles. The summed E-state index contributed by atoms with van der Waals surface area (Å²) in [6.07, 6.45) is 5.89. The fraction of sp³-hybridized carbons (Fsp3) is 0.750. The zero-order valence-corrected chi connectivity index (χ0v) is 6.29. The average Bonchev–Trinajstić information content (AvgIpc) is 2.34. The summed E-state index contributed by atoms with van der Waals surface area (Å²) in [5, 5.41) is 0. The van der Waals surface area contributed by atoms with E-state index in [0.717, 1.165) is 19.6 Å². The van der Waals surface area contributed by atoms with Crippen molar-refractivity contribution in [2.75, 3.05) is 13.2 Å². The molecule has 2 heterocycles. The molecule has 0 aromatic rings. The van der Waals surface area contributed by atoms with Gasteiger partial charge in [0.1, 0.15) is 6.23 Å². The minimum absolute atomic E-state index is 0.389. The lowest BCUT2D eigenvalue weighted by Crippen LogP contribution is -2.37. The van der Waals surface area contributed by atoms with Gasteiger partial charge in [-0.2, -0.15) is 0 Å². The summed E-state index contributed by atoms with van der Waals surface area (Å²) >= 11 is 0. The van der Waals surface area contributed by atoms with Crippen molar-refractivity contribution in [3.8, 4) is 0 Å². The first-order valence-electron chi connectivity index (χ1n) is 3.90. The zero-order valence-electron chi connectivity index (χ0n) is 6.29. The van der Waals surface area contributed by atoms with E-state index in [1.54, 1.807) is 0 Å². The third-order valence-electron chi connectivity index (χ3n) is 2.29. The number of hydrogen-bond acceptors (Lipinski definition) is 2. The zero-order chi connectivity index (χ0) is 6.97. The van der Waals surface area contributed by atoms with Crippen LogP contribution in [0.15, 0.2) is 12.2 Å². The maximum absolute atomic E-state index is 5.54. The highest BCUT2D eigenvalue weighted by Gasteiger charge is 2.30. The van der Waals surface area contributed by atoms with Gasteiger partial charge in [0.25, 0.3) is 0 Å². The van der Waals surface area contributed by atoms with Crippen molar-refractivity contribution in [2.24, 2.45) is 0 Å². The Morgan fingerprint density at radius 1 is 1.50 bits per heavy atom. The van der Waals surface area contributed by atoms with Crippen LogP contribution in [0.2, 0.25) is 0 Å². The molecule has 0 bridgehead atoms. The summed E-state index contributed by atoms with van der Waals surface area (Å²) < 4.78 is 5.54. The molecule has 2 aliphatic heterocycles. The van der Waals surface area contributed by atoms with Crippen LogP contribution < -0.4 is 0 Å². The topological polar surface area (TPSA) is 12.5 Å². The van der Waals surface area contributed by atoms with Crippen LogP contribution in [0.5, 0.6) is 0 Å². The van der Waals surface area contributed by atoms with E-state index in [4.69, 9.17) is 4.74 Å². The summed E-state index contributed by atoms with van der Waals surface area (Å²) in [6, 6.07) is 0.620. The van der Waals surface area contributed by atoms with E-state index < -0.39 is 0 Å². The molecule has 2 nitrogen and oxygen atoms in total. The molecule has 0 spiro atoms. The number of nitrogens with zero attached hydrogens (tertiary/aromatic N) is 1. The molecule has 0 saturated carbocycles. The quantitative estimate of drug-likeness (QED) is 0.464. The van der Waals surface area contributed by atoms with E-state index in [2.05, 4.69) is 24.0 Å². The molecular formula is C8H13NO. The lowest BCUT2D eigenvalue weighted by Gasteiger charge is -2.26. The van der Waals surface area contributed by atoms with E-state index in [1.165, 1.54) is 0 Å². The number of fused-ring (bicyclic) bond motifs is 1. The van der Waals surface area contributed by atoms with Gasteiger partial charge in [-0.25, -0.2) is 0 Å². The molecule has 2 unspecified atom stereocenters. The monoisotopic (exact) mass is 139 g/mol. The summed E-state index contributed by atoms with van der Waals surface area (Å²) in [5.74, 6) is 0. The van der Waals surface area contributed by atoms with Crippen LogP contribution in [-0.4, -0.2) is 30.3 Å². The van der Waals surface area contributed by atoms with Gasteiger partial charge >= 0.3 is 0 Å². The van der Waals surface area contributed by atoms with Crippen molar-refractivity contribution in [1.82, 2.24) is 4.90 Å². The van der Waals surface area contributed by atoms with Gasteiger partial charge in [0.15, 0.2) is 0 Å². The Morgan fingerprint density at radius 2 is 2.40 bits per heavy atom. The third kappa shape index (κ3) is 0.879. The molecule has 2 atom stereocenters. The Bertz CT molecular complexity index is 155. The van der Waals surface area contributed by atoms with Crippen LogP contribution in [0.25, 0.3) is 0 Å². The highest BCUT2D eigenvalue weighted by molar-refractivity contribution is 4.97. The number of rotatable bonds is 0. The van der Waals surface area contributed by atoms with Gasteiger partial charge in [-0.05, 0) is 6.92 Å². The molecule has 2 heteroatoms. The molecule has 10 heavy (non-hydrogen) atoms. The van der Waals surface area contributed by atoms with Gasteiger partial charge in [-0.15, -0.1) is 0 Å². The third-order valence-corrected chi connectivity index (χ3v) is 2.29. The maximum Gasteiger partial charge on any atom is 0.114 e. The van der Waals surface area contributed by atoms with Gasteiger partial charge in [-0.3, -0.25) is 4.90 Å². The first-order valence-corrected chi connectivity index (χ1v) is 3.90. The molecule has 0 radical (unpaired) electrons. The van der Waals surface area contributed by atoms with Crippen molar-refractivity contribution in [3.63, 3.8) is 0 Å². The van der Waals surface area contributed by atoms with Crippen LogP contribution in [0.3, 0.4) is 0 Å². The van der Waals surface area contributed by atoms with Crippen LogP contribution in [0.4, 0.5) is 0 Å². The van der Waals surface area contributed by atoms with Crippen molar-refractivity contribution in [2.45, 2.75) is 25.6 Å². The van der Waals surface area contributed by atoms with E-state index in [-0.39, 0.29) is 0 Å². The van der Waals surface area contributed by atoms with Crippen molar-refractivity contribution in [1.29, 1.82) is 0 Å². The second-order valence-corrected chi connectivity index (χ2v) is 3.04. The summed E-state index contributed by atoms with van der Waals surface area (Å²) in [5.41, 5.74) is 0. The molecule has 1 saturated heterocycles. The Hall–Kier alpha value is -0.340. The number of hydrogen-bond donors (Lipinski definition) is 0. The van der Waals surface area contributed by atoms with Gasteiger partial charge < -0.3 is 4.74 Å². The molecule has 2 rings (SSSR count). The Balaban J connectivity index is 2.10. The minimum Gasteiger partial charge on any atom is -0.361 e. The van der Waals surface area contributed by atoms with E-state index in [0.29, 0.717) is 12.3 Å². The highest BCUT2D eigenvalue weighted by Crippen LogP contribution is 2.21. The molecule has 56 valence electrons. The van der Waals surface area contributed by atoms with E-state index >= 15 is 0 Å². The Labute approximate surface area is 61.5 Å². The average molecular weight is 139 g/mol. The highest BCUT2D eigenvalue weighted by atomic mass is 16.5. The van der Waals surface area contributed by atoms with Gasteiger partial charge in [0.05, 0.1) is 6.61 Å². The van der Waals surface area contributed by atoms with Gasteiger partial charge in [-0.1, -0.05) is 12.2 Å². The van der Waals surface area contributed by atoms with E-state index in [1.807, 2.05) is 0 Å². The Kier molecular flexibility index (Phi) is 1.51. The molecule has 1 fully saturated rings. The minimum atomic E-state index is 0.389. The molecule has 0 N–H and O–H groups in total. The Morgan fingerprint density at radius 3 is 3.20 bits per heavy atom. The normalized spacial score (nSPS) is 40.1. The molecule has 0 amide bonds. The maximum atomic E-state index is 5.54. The predicted octanol–water partition coefficient (Wildman–Crippen LogP) is 0.993. The van der Waals surface area contributed by atoms with Crippen LogP contribution in [-0.2, 0) is 4.74 Å². The summed E-state index contributed by atoms with van der Waals surface area (Å²) in [7, 11) is 0.